The van der Waals surface area contributed by atoms with Gasteiger partial charge in [0.1, 0.15) is 5.75 Å². The van der Waals surface area contributed by atoms with E-state index in [9.17, 15) is 4.79 Å². The molecule has 0 spiro atoms. The maximum atomic E-state index is 11.6. The fourth-order valence-corrected chi connectivity index (χ4v) is 2.56. The maximum Gasteiger partial charge on any atom is 0.258 e. The number of ether oxygens (including phenoxy) is 1. The second kappa shape index (κ2) is 5.21. The molecule has 0 radical (unpaired) electrons. The average molecular weight is 260 g/mol. The fourth-order valence-electron chi connectivity index (χ4n) is 2.56. The lowest BCUT2D eigenvalue weighted by atomic mass is 9.88. The van der Waals surface area contributed by atoms with Crippen molar-refractivity contribution in [2.45, 2.75) is 44.2 Å². The molecule has 3 rings (SSSR count). The third-order valence-electron chi connectivity index (χ3n) is 3.79. The maximum absolute atomic E-state index is 11.6. The summed E-state index contributed by atoms with van der Waals surface area (Å²) in [6, 6.07) is 6.51. The molecule has 1 aromatic carbocycles. The molecular weight excluding hydrogens is 240 g/mol. The van der Waals surface area contributed by atoms with E-state index in [0.29, 0.717) is 6.04 Å². The number of carbonyl (C=O) groups is 1. The number of nitrogens with two attached hydrogens (primary N) is 1. The van der Waals surface area contributed by atoms with E-state index in [1.165, 1.54) is 11.1 Å². The van der Waals surface area contributed by atoms with Crippen molar-refractivity contribution in [3.63, 3.8) is 0 Å². The minimum Gasteiger partial charge on any atom is -0.484 e. The van der Waals surface area contributed by atoms with Gasteiger partial charge in [0.2, 0.25) is 0 Å². The van der Waals surface area contributed by atoms with Crippen molar-refractivity contribution in [1.29, 1.82) is 0 Å². The Kier molecular flexibility index (Phi) is 3.42. The van der Waals surface area contributed by atoms with Crippen molar-refractivity contribution in [2.24, 2.45) is 5.73 Å². The molecule has 1 saturated carbocycles. The van der Waals surface area contributed by atoms with Crippen LogP contribution in [0.2, 0.25) is 0 Å². The molecule has 1 amide bonds. The first-order valence-electron chi connectivity index (χ1n) is 7.03. The minimum absolute atomic E-state index is 0.0306. The SMILES string of the molecule is NC1CCCc2cc(OCC(=O)NC3CC3)ccc21. The molecule has 4 heteroatoms. The lowest BCUT2D eigenvalue weighted by Crippen LogP contribution is -2.30. The summed E-state index contributed by atoms with van der Waals surface area (Å²) in [7, 11) is 0. The third-order valence-corrected chi connectivity index (χ3v) is 3.79. The quantitative estimate of drug-likeness (QED) is 0.865. The van der Waals surface area contributed by atoms with Crippen LogP contribution >= 0.6 is 0 Å². The molecule has 1 unspecified atom stereocenters. The highest BCUT2D eigenvalue weighted by molar-refractivity contribution is 5.78. The van der Waals surface area contributed by atoms with Gasteiger partial charge in [-0.15, -0.1) is 0 Å². The molecule has 1 aromatic rings. The smallest absolute Gasteiger partial charge is 0.258 e. The second-order valence-electron chi connectivity index (χ2n) is 5.49. The van der Waals surface area contributed by atoms with Crippen LogP contribution in [0.3, 0.4) is 0 Å². The Morgan fingerprint density at radius 3 is 3.00 bits per heavy atom. The number of amides is 1. The Balaban J connectivity index is 1.60. The van der Waals surface area contributed by atoms with Crippen LogP contribution in [-0.2, 0) is 11.2 Å². The number of fused-ring (bicyclic) bond motifs is 1. The Morgan fingerprint density at radius 2 is 2.21 bits per heavy atom. The van der Waals surface area contributed by atoms with E-state index in [1.54, 1.807) is 0 Å². The highest BCUT2D eigenvalue weighted by Gasteiger charge is 2.23. The largest absolute Gasteiger partial charge is 0.484 e. The van der Waals surface area contributed by atoms with Crippen molar-refractivity contribution in [3.05, 3.63) is 29.3 Å². The van der Waals surface area contributed by atoms with E-state index < -0.39 is 0 Å². The summed E-state index contributed by atoms with van der Waals surface area (Å²) in [6.45, 7) is 0.0986. The van der Waals surface area contributed by atoms with E-state index in [4.69, 9.17) is 10.5 Å². The van der Waals surface area contributed by atoms with E-state index >= 15 is 0 Å². The zero-order valence-corrected chi connectivity index (χ0v) is 11.0. The van der Waals surface area contributed by atoms with Gasteiger partial charge in [-0.05, 0) is 55.4 Å². The summed E-state index contributed by atoms with van der Waals surface area (Å²) in [6.07, 6.45) is 5.43. The summed E-state index contributed by atoms with van der Waals surface area (Å²) in [4.78, 5) is 11.6. The topological polar surface area (TPSA) is 64.3 Å². The Labute approximate surface area is 113 Å². The lowest BCUT2D eigenvalue weighted by molar-refractivity contribution is -0.123. The molecule has 1 fully saturated rings. The zero-order valence-electron chi connectivity index (χ0n) is 11.0. The molecule has 4 nitrogen and oxygen atoms in total. The van der Waals surface area contributed by atoms with Gasteiger partial charge in [0.05, 0.1) is 0 Å². The molecule has 102 valence electrons. The van der Waals surface area contributed by atoms with Gasteiger partial charge in [-0.1, -0.05) is 6.07 Å². The Bertz CT molecular complexity index is 483. The van der Waals surface area contributed by atoms with Gasteiger partial charge in [-0.2, -0.15) is 0 Å². The van der Waals surface area contributed by atoms with Crippen LogP contribution in [0.15, 0.2) is 18.2 Å². The minimum atomic E-state index is -0.0306. The van der Waals surface area contributed by atoms with Gasteiger partial charge in [0.15, 0.2) is 6.61 Å². The van der Waals surface area contributed by atoms with E-state index in [-0.39, 0.29) is 18.6 Å². The summed E-state index contributed by atoms with van der Waals surface area (Å²) < 4.78 is 5.54. The molecule has 0 saturated heterocycles. The van der Waals surface area contributed by atoms with Crippen molar-refractivity contribution in [3.8, 4) is 5.75 Å². The van der Waals surface area contributed by atoms with Gasteiger partial charge in [0, 0.05) is 12.1 Å². The number of nitrogens with one attached hydrogen (secondary N) is 1. The Morgan fingerprint density at radius 1 is 1.37 bits per heavy atom. The molecule has 19 heavy (non-hydrogen) atoms. The molecule has 2 aliphatic carbocycles. The second-order valence-corrected chi connectivity index (χ2v) is 5.49. The van der Waals surface area contributed by atoms with Crippen LogP contribution in [0.1, 0.15) is 42.9 Å². The predicted molar refractivity (Wildman–Crippen MR) is 73.0 cm³/mol. The van der Waals surface area contributed by atoms with Gasteiger partial charge in [0.25, 0.3) is 5.91 Å². The van der Waals surface area contributed by atoms with E-state index in [0.717, 1.165) is 37.9 Å². The fraction of sp³-hybridized carbons (Fsp3) is 0.533. The molecule has 0 aliphatic heterocycles. The number of aryl methyl sites for hydroxylation is 1. The van der Waals surface area contributed by atoms with E-state index in [2.05, 4.69) is 5.32 Å². The van der Waals surface area contributed by atoms with Crippen LogP contribution in [0.4, 0.5) is 0 Å². The molecular formula is C15H20N2O2. The van der Waals surface area contributed by atoms with Crippen molar-refractivity contribution >= 4 is 5.91 Å². The zero-order chi connectivity index (χ0) is 13.2. The monoisotopic (exact) mass is 260 g/mol. The number of carbonyl (C=O) groups excluding carboxylic acids is 1. The molecule has 1 atom stereocenters. The summed E-state index contributed by atoms with van der Waals surface area (Å²) >= 11 is 0. The number of rotatable bonds is 4. The first kappa shape index (κ1) is 12.5. The molecule has 0 aromatic heterocycles. The first-order valence-corrected chi connectivity index (χ1v) is 7.03. The number of hydrogen-bond donors (Lipinski definition) is 2. The highest BCUT2D eigenvalue weighted by atomic mass is 16.5. The first-order chi connectivity index (χ1) is 9.22. The third kappa shape index (κ3) is 3.07. The van der Waals surface area contributed by atoms with Gasteiger partial charge in [-0.25, -0.2) is 0 Å². The van der Waals surface area contributed by atoms with Crippen molar-refractivity contribution in [1.82, 2.24) is 5.32 Å². The molecule has 3 N–H and O–H groups in total. The van der Waals surface area contributed by atoms with Crippen LogP contribution in [0.25, 0.3) is 0 Å². The van der Waals surface area contributed by atoms with Crippen molar-refractivity contribution in [2.75, 3.05) is 6.61 Å². The standard InChI is InChI=1S/C15H20N2O2/c16-14-3-1-2-10-8-12(6-7-13(10)14)19-9-15(18)17-11-4-5-11/h6-8,11,14H,1-5,9,16H2,(H,17,18). The van der Waals surface area contributed by atoms with Gasteiger partial charge in [-0.3, -0.25) is 4.79 Å². The van der Waals surface area contributed by atoms with Crippen molar-refractivity contribution < 1.29 is 9.53 Å². The highest BCUT2D eigenvalue weighted by Crippen LogP contribution is 2.30. The average Bonchev–Trinajstić information content (AvgIpc) is 3.20. The summed E-state index contributed by atoms with van der Waals surface area (Å²) in [5, 5.41) is 2.91. The van der Waals surface area contributed by atoms with Gasteiger partial charge < -0.3 is 15.8 Å². The number of hydrogen-bond acceptors (Lipinski definition) is 3. The predicted octanol–water partition coefficient (Wildman–Crippen LogP) is 1.68. The summed E-state index contributed by atoms with van der Waals surface area (Å²) in [5.41, 5.74) is 8.56. The lowest BCUT2D eigenvalue weighted by Gasteiger charge is -2.22. The normalized spacial score (nSPS) is 21.6. The molecule has 0 heterocycles. The van der Waals surface area contributed by atoms with E-state index in [1.807, 2.05) is 18.2 Å². The van der Waals surface area contributed by atoms with Crippen LogP contribution in [0.5, 0.6) is 5.75 Å². The van der Waals surface area contributed by atoms with Crippen LogP contribution < -0.4 is 15.8 Å². The van der Waals surface area contributed by atoms with Gasteiger partial charge >= 0.3 is 0 Å². The summed E-state index contributed by atoms with van der Waals surface area (Å²) in [5.74, 6) is 0.732. The molecule has 0 bridgehead atoms. The Hall–Kier alpha value is -1.55. The van der Waals surface area contributed by atoms with Crippen LogP contribution in [-0.4, -0.2) is 18.6 Å². The molecule has 2 aliphatic rings. The van der Waals surface area contributed by atoms with Crippen LogP contribution in [0, 0.1) is 0 Å². The number of benzene rings is 1.